The van der Waals surface area contributed by atoms with Crippen LogP contribution >= 0.6 is 11.8 Å². The highest BCUT2D eigenvalue weighted by atomic mass is 32.2. The van der Waals surface area contributed by atoms with Crippen LogP contribution in [-0.4, -0.2) is 20.8 Å². The molecule has 1 aromatic rings. The smallest absolute Gasteiger partial charge is 0.121 e. The Bertz CT molecular complexity index is 417. The van der Waals surface area contributed by atoms with Gasteiger partial charge in [0, 0.05) is 17.5 Å². The van der Waals surface area contributed by atoms with Gasteiger partial charge in [0.05, 0.1) is 19.9 Å². The van der Waals surface area contributed by atoms with Gasteiger partial charge in [0.1, 0.15) is 17.0 Å². The minimum atomic E-state index is 0.886. The molecular formula is C12H15NO2S. The third-order valence-corrected chi connectivity index (χ3v) is 3.56. The summed E-state index contributed by atoms with van der Waals surface area (Å²) < 4.78 is 10.3. The van der Waals surface area contributed by atoms with E-state index in [1.54, 1.807) is 32.2 Å². The van der Waals surface area contributed by atoms with Gasteiger partial charge in [0.25, 0.3) is 0 Å². The molecule has 2 rings (SSSR count). The largest absolute Gasteiger partial charge is 0.502 e. The second-order valence-corrected chi connectivity index (χ2v) is 4.43. The van der Waals surface area contributed by atoms with Crippen molar-refractivity contribution in [2.75, 3.05) is 25.7 Å². The van der Waals surface area contributed by atoms with Crippen molar-refractivity contribution in [1.82, 2.24) is 0 Å². The molecule has 1 aliphatic rings. The maximum absolute atomic E-state index is 5.24. The molecule has 16 heavy (non-hydrogen) atoms. The van der Waals surface area contributed by atoms with E-state index in [0.29, 0.717) is 0 Å². The number of methoxy groups -OCH3 is 2. The van der Waals surface area contributed by atoms with Crippen molar-refractivity contribution in [1.29, 1.82) is 0 Å². The number of anilines is 1. The second-order valence-electron chi connectivity index (χ2n) is 3.37. The highest BCUT2D eigenvalue weighted by Crippen LogP contribution is 2.46. The molecule has 0 bridgehead atoms. The average molecular weight is 237 g/mol. The van der Waals surface area contributed by atoms with Crippen LogP contribution in [0.4, 0.5) is 5.69 Å². The summed E-state index contributed by atoms with van der Waals surface area (Å²) in [6.07, 6.45) is 1.78. The zero-order chi connectivity index (χ0) is 11.5. The molecule has 4 heteroatoms. The lowest BCUT2D eigenvalue weighted by molar-refractivity contribution is 0.335. The average Bonchev–Trinajstić information content (AvgIpc) is 2.65. The third-order valence-electron chi connectivity index (χ3n) is 2.47. The van der Waals surface area contributed by atoms with E-state index in [0.717, 1.165) is 17.3 Å². The van der Waals surface area contributed by atoms with Crippen molar-refractivity contribution >= 4 is 17.4 Å². The Balaban J connectivity index is 2.40. The van der Waals surface area contributed by atoms with Gasteiger partial charge < -0.3 is 14.4 Å². The van der Waals surface area contributed by atoms with Crippen LogP contribution in [-0.2, 0) is 4.74 Å². The minimum Gasteiger partial charge on any atom is -0.502 e. The minimum absolute atomic E-state index is 0.886. The van der Waals surface area contributed by atoms with E-state index in [9.17, 15) is 0 Å². The van der Waals surface area contributed by atoms with E-state index in [1.807, 2.05) is 6.07 Å². The Labute approximate surface area is 100 Å². The summed E-state index contributed by atoms with van der Waals surface area (Å²) in [6.45, 7) is 3.04. The summed E-state index contributed by atoms with van der Waals surface area (Å²) in [5, 5.41) is 1.12. The molecule has 0 fully saturated rings. The SMILES string of the molecule is CCN1C(=COC)Sc2ccc(OC)cc21. The van der Waals surface area contributed by atoms with Gasteiger partial charge in [-0.15, -0.1) is 0 Å². The zero-order valence-corrected chi connectivity index (χ0v) is 10.5. The maximum atomic E-state index is 5.24. The van der Waals surface area contributed by atoms with Gasteiger partial charge >= 0.3 is 0 Å². The molecule has 0 aromatic heterocycles. The quantitative estimate of drug-likeness (QED) is 0.753. The Morgan fingerprint density at radius 2 is 2.19 bits per heavy atom. The topological polar surface area (TPSA) is 21.7 Å². The van der Waals surface area contributed by atoms with Crippen LogP contribution in [0, 0.1) is 0 Å². The third kappa shape index (κ3) is 1.85. The van der Waals surface area contributed by atoms with E-state index in [2.05, 4.69) is 24.0 Å². The fourth-order valence-electron chi connectivity index (χ4n) is 1.72. The number of benzene rings is 1. The molecule has 0 atom stereocenters. The first-order chi connectivity index (χ1) is 7.80. The zero-order valence-electron chi connectivity index (χ0n) is 9.69. The van der Waals surface area contributed by atoms with Crippen molar-refractivity contribution in [3.8, 4) is 5.75 Å². The summed E-state index contributed by atoms with van der Waals surface area (Å²) in [6, 6.07) is 6.12. The lowest BCUT2D eigenvalue weighted by Crippen LogP contribution is -2.16. The van der Waals surface area contributed by atoms with E-state index in [1.165, 1.54) is 10.6 Å². The molecular weight excluding hydrogens is 222 g/mol. The van der Waals surface area contributed by atoms with Crippen LogP contribution in [0.5, 0.6) is 5.75 Å². The Morgan fingerprint density at radius 3 is 2.81 bits per heavy atom. The first-order valence-electron chi connectivity index (χ1n) is 5.16. The summed E-state index contributed by atoms with van der Waals surface area (Å²) >= 11 is 1.72. The number of nitrogens with zero attached hydrogens (tertiary/aromatic N) is 1. The van der Waals surface area contributed by atoms with Crippen molar-refractivity contribution in [3.63, 3.8) is 0 Å². The molecule has 0 N–H and O–H groups in total. The molecule has 0 unspecified atom stereocenters. The van der Waals surface area contributed by atoms with Gasteiger partial charge in [-0.1, -0.05) is 11.8 Å². The summed E-state index contributed by atoms with van der Waals surface area (Å²) in [5.74, 6) is 0.886. The first-order valence-corrected chi connectivity index (χ1v) is 5.98. The molecule has 86 valence electrons. The number of thioether (sulfide) groups is 1. The van der Waals surface area contributed by atoms with Crippen LogP contribution in [0.2, 0.25) is 0 Å². The maximum Gasteiger partial charge on any atom is 0.121 e. The second kappa shape index (κ2) is 4.70. The van der Waals surface area contributed by atoms with Crippen molar-refractivity contribution in [3.05, 3.63) is 29.5 Å². The molecule has 0 radical (unpaired) electrons. The van der Waals surface area contributed by atoms with E-state index >= 15 is 0 Å². The van der Waals surface area contributed by atoms with Crippen LogP contribution < -0.4 is 9.64 Å². The molecule has 3 nitrogen and oxygen atoms in total. The van der Waals surface area contributed by atoms with Crippen LogP contribution in [0.25, 0.3) is 0 Å². The van der Waals surface area contributed by atoms with Gasteiger partial charge in [-0.3, -0.25) is 0 Å². The van der Waals surface area contributed by atoms with E-state index in [-0.39, 0.29) is 0 Å². The standard InChI is InChI=1S/C12H15NO2S/c1-4-13-10-7-9(15-3)5-6-11(10)16-12(13)8-14-2/h5-8H,4H2,1-3H3. The highest BCUT2D eigenvalue weighted by molar-refractivity contribution is 8.03. The Hall–Kier alpha value is -1.29. The van der Waals surface area contributed by atoms with Gasteiger partial charge in [0.2, 0.25) is 0 Å². The number of rotatable bonds is 3. The van der Waals surface area contributed by atoms with Gasteiger partial charge in [0.15, 0.2) is 0 Å². The predicted molar refractivity (Wildman–Crippen MR) is 67.0 cm³/mol. The first kappa shape index (κ1) is 11.2. The van der Waals surface area contributed by atoms with Crippen LogP contribution in [0.15, 0.2) is 34.4 Å². The van der Waals surface area contributed by atoms with Crippen LogP contribution in [0.3, 0.4) is 0 Å². The van der Waals surface area contributed by atoms with Gasteiger partial charge in [-0.05, 0) is 19.1 Å². The normalized spacial score (nSPS) is 16.4. The lowest BCUT2D eigenvalue weighted by Gasteiger charge is -2.17. The molecule has 1 heterocycles. The molecule has 0 spiro atoms. The molecule has 1 aromatic carbocycles. The van der Waals surface area contributed by atoms with Crippen LogP contribution in [0.1, 0.15) is 6.92 Å². The number of hydrogen-bond donors (Lipinski definition) is 0. The molecule has 0 saturated carbocycles. The summed E-state index contributed by atoms with van der Waals surface area (Å²) in [4.78, 5) is 3.46. The molecule has 0 amide bonds. The predicted octanol–water partition coefficient (Wildman–Crippen LogP) is 3.07. The van der Waals surface area contributed by atoms with Crippen molar-refractivity contribution in [2.24, 2.45) is 0 Å². The highest BCUT2D eigenvalue weighted by Gasteiger charge is 2.24. The summed E-state index contributed by atoms with van der Waals surface area (Å²) in [5.41, 5.74) is 1.19. The fraction of sp³-hybridized carbons (Fsp3) is 0.333. The van der Waals surface area contributed by atoms with Crippen molar-refractivity contribution in [2.45, 2.75) is 11.8 Å². The Morgan fingerprint density at radius 1 is 1.38 bits per heavy atom. The number of fused-ring (bicyclic) bond motifs is 1. The molecule has 1 aliphatic heterocycles. The fourth-order valence-corrected chi connectivity index (χ4v) is 2.84. The number of hydrogen-bond acceptors (Lipinski definition) is 4. The molecule has 0 saturated heterocycles. The van der Waals surface area contributed by atoms with Crippen molar-refractivity contribution < 1.29 is 9.47 Å². The summed E-state index contributed by atoms with van der Waals surface area (Å²) in [7, 11) is 3.36. The van der Waals surface area contributed by atoms with Gasteiger partial charge in [-0.25, -0.2) is 0 Å². The van der Waals surface area contributed by atoms with E-state index in [4.69, 9.17) is 9.47 Å². The lowest BCUT2D eigenvalue weighted by atomic mass is 10.2. The Kier molecular flexibility index (Phi) is 3.29. The molecule has 0 aliphatic carbocycles. The number of ether oxygens (including phenoxy) is 2. The van der Waals surface area contributed by atoms with Gasteiger partial charge in [-0.2, -0.15) is 0 Å². The van der Waals surface area contributed by atoms with E-state index < -0.39 is 0 Å². The monoisotopic (exact) mass is 237 g/mol.